The highest BCUT2D eigenvalue weighted by atomic mass is 19.4. The van der Waals surface area contributed by atoms with Crippen molar-refractivity contribution in [2.75, 3.05) is 38.5 Å². The van der Waals surface area contributed by atoms with Crippen LogP contribution in [0.1, 0.15) is 22.8 Å². The number of nitrogens with zero attached hydrogens (tertiary/aromatic N) is 2. The van der Waals surface area contributed by atoms with Crippen molar-refractivity contribution in [2.24, 2.45) is 0 Å². The van der Waals surface area contributed by atoms with E-state index in [2.05, 4.69) is 5.32 Å². The number of halogens is 3. The predicted molar refractivity (Wildman–Crippen MR) is 79.1 cm³/mol. The lowest BCUT2D eigenvalue weighted by atomic mass is 10.0. The van der Waals surface area contributed by atoms with Crippen LogP contribution in [-0.4, -0.2) is 54.8 Å². The summed E-state index contributed by atoms with van der Waals surface area (Å²) in [6, 6.07) is 3.22. The van der Waals surface area contributed by atoms with Crippen molar-refractivity contribution in [1.29, 1.82) is 0 Å². The van der Waals surface area contributed by atoms with Crippen LogP contribution in [0.4, 0.5) is 18.9 Å². The van der Waals surface area contributed by atoms with Gasteiger partial charge in [0.1, 0.15) is 0 Å². The fourth-order valence-corrected chi connectivity index (χ4v) is 2.43. The van der Waals surface area contributed by atoms with Crippen molar-refractivity contribution in [3.8, 4) is 0 Å². The molecular formula is C15H18F3N3O2. The van der Waals surface area contributed by atoms with E-state index in [0.717, 1.165) is 12.1 Å². The molecule has 0 unspecified atom stereocenters. The first-order chi connectivity index (χ1) is 10.7. The number of carbonyl (C=O) groups excluding carboxylic acids is 2. The van der Waals surface area contributed by atoms with Crippen LogP contribution in [0.5, 0.6) is 0 Å². The number of nitrogens with one attached hydrogen (secondary N) is 1. The number of hydrogen-bond acceptors (Lipinski definition) is 3. The van der Waals surface area contributed by atoms with Gasteiger partial charge in [0.15, 0.2) is 0 Å². The van der Waals surface area contributed by atoms with E-state index in [1.165, 1.54) is 17.9 Å². The fraction of sp³-hybridized carbons (Fsp3) is 0.467. The number of benzene rings is 1. The number of amides is 2. The van der Waals surface area contributed by atoms with Gasteiger partial charge >= 0.3 is 6.18 Å². The van der Waals surface area contributed by atoms with Gasteiger partial charge in [0.2, 0.25) is 5.91 Å². The quantitative estimate of drug-likeness (QED) is 0.903. The first-order valence-electron chi connectivity index (χ1n) is 7.15. The van der Waals surface area contributed by atoms with Crippen LogP contribution in [0.3, 0.4) is 0 Å². The van der Waals surface area contributed by atoms with Crippen LogP contribution < -0.4 is 5.32 Å². The number of carbonyl (C=O) groups is 2. The van der Waals surface area contributed by atoms with Gasteiger partial charge < -0.3 is 15.1 Å². The highest BCUT2D eigenvalue weighted by Gasteiger charge is 2.37. The van der Waals surface area contributed by atoms with Gasteiger partial charge in [-0.2, -0.15) is 13.2 Å². The van der Waals surface area contributed by atoms with E-state index < -0.39 is 29.1 Å². The summed E-state index contributed by atoms with van der Waals surface area (Å²) >= 11 is 0. The van der Waals surface area contributed by atoms with Gasteiger partial charge in [-0.25, -0.2) is 0 Å². The average Bonchev–Trinajstić information content (AvgIpc) is 2.46. The molecule has 0 bridgehead atoms. The standard InChI is InChI=1S/C15H18F3N3O2/c1-10(22)19-11-3-4-12(13(9-11)15(16,17)18)14(23)21-7-5-20(2)6-8-21/h3-4,9H,5-8H2,1-2H3,(H,19,22). The molecular weight excluding hydrogens is 311 g/mol. The van der Waals surface area contributed by atoms with Gasteiger partial charge in [0, 0.05) is 38.8 Å². The molecule has 1 N–H and O–H groups in total. The Bertz CT molecular complexity index is 608. The van der Waals surface area contributed by atoms with E-state index in [0.29, 0.717) is 26.2 Å². The number of likely N-dealkylation sites (N-methyl/N-ethyl adjacent to an activating group) is 1. The second kappa shape index (κ2) is 6.57. The number of rotatable bonds is 2. The summed E-state index contributed by atoms with van der Waals surface area (Å²) in [4.78, 5) is 26.9. The molecule has 0 atom stereocenters. The van der Waals surface area contributed by atoms with E-state index in [9.17, 15) is 22.8 Å². The monoisotopic (exact) mass is 329 g/mol. The summed E-state index contributed by atoms with van der Waals surface area (Å²) in [5.74, 6) is -1.11. The van der Waals surface area contributed by atoms with Gasteiger partial charge in [0.25, 0.3) is 5.91 Å². The number of alkyl halides is 3. The van der Waals surface area contributed by atoms with Crippen molar-refractivity contribution in [3.63, 3.8) is 0 Å². The van der Waals surface area contributed by atoms with Crippen LogP contribution in [0.15, 0.2) is 18.2 Å². The van der Waals surface area contributed by atoms with Crippen LogP contribution in [-0.2, 0) is 11.0 Å². The molecule has 0 radical (unpaired) electrons. The third kappa shape index (κ3) is 4.22. The molecule has 0 saturated carbocycles. The fourth-order valence-electron chi connectivity index (χ4n) is 2.43. The van der Waals surface area contributed by atoms with Crippen molar-refractivity contribution in [3.05, 3.63) is 29.3 Å². The highest BCUT2D eigenvalue weighted by molar-refractivity contribution is 5.97. The van der Waals surface area contributed by atoms with E-state index in [-0.39, 0.29) is 5.69 Å². The predicted octanol–water partition coefficient (Wildman–Crippen LogP) is 2.05. The minimum Gasteiger partial charge on any atom is -0.336 e. The third-order valence-corrected chi connectivity index (χ3v) is 3.67. The Balaban J connectivity index is 2.33. The molecule has 0 spiro atoms. The Morgan fingerprint density at radius 1 is 1.13 bits per heavy atom. The SMILES string of the molecule is CC(=O)Nc1ccc(C(=O)N2CCN(C)CC2)c(C(F)(F)F)c1. The molecule has 126 valence electrons. The van der Waals surface area contributed by atoms with E-state index in [1.54, 1.807) is 0 Å². The first kappa shape index (κ1) is 17.3. The summed E-state index contributed by atoms with van der Waals surface area (Å²) in [7, 11) is 1.89. The van der Waals surface area contributed by atoms with Crippen LogP contribution in [0, 0.1) is 0 Å². The minimum atomic E-state index is -4.67. The zero-order valence-corrected chi connectivity index (χ0v) is 12.9. The molecule has 5 nitrogen and oxygen atoms in total. The normalized spacial score (nSPS) is 16.3. The van der Waals surface area contributed by atoms with Gasteiger partial charge in [-0.1, -0.05) is 0 Å². The molecule has 23 heavy (non-hydrogen) atoms. The molecule has 1 aromatic carbocycles. The molecule has 0 aromatic heterocycles. The van der Waals surface area contributed by atoms with Gasteiger partial charge in [-0.3, -0.25) is 9.59 Å². The molecule has 2 amide bonds. The molecule has 1 aliphatic rings. The summed E-state index contributed by atoms with van der Waals surface area (Å²) in [5.41, 5.74) is -1.41. The van der Waals surface area contributed by atoms with Gasteiger partial charge in [0.05, 0.1) is 11.1 Å². The van der Waals surface area contributed by atoms with Crippen molar-refractivity contribution < 1.29 is 22.8 Å². The Hall–Kier alpha value is -2.09. The van der Waals surface area contributed by atoms with Gasteiger partial charge in [-0.15, -0.1) is 0 Å². The molecule has 1 aromatic rings. The van der Waals surface area contributed by atoms with Crippen LogP contribution in [0.2, 0.25) is 0 Å². The highest BCUT2D eigenvalue weighted by Crippen LogP contribution is 2.34. The van der Waals surface area contributed by atoms with Crippen molar-refractivity contribution >= 4 is 17.5 Å². The first-order valence-corrected chi connectivity index (χ1v) is 7.15. The summed E-state index contributed by atoms with van der Waals surface area (Å²) in [5, 5.41) is 2.30. The molecule has 0 aliphatic carbocycles. The maximum absolute atomic E-state index is 13.3. The topological polar surface area (TPSA) is 52.7 Å². The lowest BCUT2D eigenvalue weighted by Gasteiger charge is -2.33. The van der Waals surface area contributed by atoms with Crippen molar-refractivity contribution in [1.82, 2.24) is 9.80 Å². The number of anilines is 1. The molecule has 1 heterocycles. The molecule has 8 heteroatoms. The maximum atomic E-state index is 13.3. The number of piperazine rings is 1. The molecule has 1 saturated heterocycles. The smallest absolute Gasteiger partial charge is 0.336 e. The second-order valence-electron chi connectivity index (χ2n) is 5.53. The average molecular weight is 329 g/mol. The summed E-state index contributed by atoms with van der Waals surface area (Å²) in [6.07, 6.45) is -4.67. The second-order valence-corrected chi connectivity index (χ2v) is 5.53. The Labute approximate surface area is 132 Å². The van der Waals surface area contributed by atoms with E-state index in [1.807, 2.05) is 11.9 Å². The Morgan fingerprint density at radius 2 is 1.74 bits per heavy atom. The molecule has 2 rings (SSSR count). The van der Waals surface area contributed by atoms with E-state index >= 15 is 0 Å². The lowest BCUT2D eigenvalue weighted by Crippen LogP contribution is -2.47. The summed E-state index contributed by atoms with van der Waals surface area (Å²) in [6.45, 7) is 3.23. The Morgan fingerprint density at radius 3 is 2.26 bits per heavy atom. The van der Waals surface area contributed by atoms with Crippen LogP contribution >= 0.6 is 0 Å². The van der Waals surface area contributed by atoms with E-state index in [4.69, 9.17) is 0 Å². The molecule has 1 fully saturated rings. The largest absolute Gasteiger partial charge is 0.417 e. The van der Waals surface area contributed by atoms with Crippen LogP contribution in [0.25, 0.3) is 0 Å². The molecule has 1 aliphatic heterocycles. The zero-order valence-electron chi connectivity index (χ0n) is 12.9. The van der Waals surface area contributed by atoms with Gasteiger partial charge in [-0.05, 0) is 25.2 Å². The Kier molecular flexibility index (Phi) is 4.93. The zero-order chi connectivity index (χ0) is 17.2. The lowest BCUT2D eigenvalue weighted by molar-refractivity contribution is -0.138. The minimum absolute atomic E-state index is 0.0137. The number of hydrogen-bond donors (Lipinski definition) is 1. The maximum Gasteiger partial charge on any atom is 0.417 e. The van der Waals surface area contributed by atoms with Crippen molar-refractivity contribution in [2.45, 2.75) is 13.1 Å². The third-order valence-electron chi connectivity index (χ3n) is 3.67. The summed E-state index contributed by atoms with van der Waals surface area (Å²) < 4.78 is 39.8.